The smallest absolute Gasteiger partial charge is 0.177 e. The Bertz CT molecular complexity index is 390. The van der Waals surface area contributed by atoms with E-state index in [0.717, 1.165) is 12.1 Å². The van der Waals surface area contributed by atoms with Gasteiger partial charge >= 0.3 is 0 Å². The van der Waals surface area contributed by atoms with Gasteiger partial charge in [0, 0.05) is 12.3 Å². The molecule has 0 amide bonds. The van der Waals surface area contributed by atoms with Crippen molar-refractivity contribution in [1.82, 2.24) is 0 Å². The van der Waals surface area contributed by atoms with Gasteiger partial charge in [0.25, 0.3) is 0 Å². The van der Waals surface area contributed by atoms with Crippen molar-refractivity contribution >= 4 is 11.6 Å². The van der Waals surface area contributed by atoms with Crippen LogP contribution in [0, 0.1) is 29.3 Å². The fraction of sp³-hybridized carbons (Fsp3) is 0.200. The molecule has 0 bridgehead atoms. The maximum atomic E-state index is 12.9. The molecule has 0 heterocycles. The number of halogens is 4. The van der Waals surface area contributed by atoms with E-state index in [4.69, 9.17) is 11.6 Å². The minimum atomic E-state index is -1.26. The quantitative estimate of drug-likeness (QED) is 0.386. The Kier molecular flexibility index (Phi) is 3.84. The van der Waals surface area contributed by atoms with Crippen molar-refractivity contribution in [2.45, 2.75) is 6.42 Å². The van der Waals surface area contributed by atoms with Gasteiger partial charge < -0.3 is 0 Å². The van der Waals surface area contributed by atoms with Crippen molar-refractivity contribution in [2.24, 2.45) is 0 Å². The highest BCUT2D eigenvalue weighted by Gasteiger charge is 2.10. The molecule has 0 nitrogen and oxygen atoms in total. The van der Waals surface area contributed by atoms with E-state index in [1.807, 2.05) is 0 Å². The molecule has 0 spiro atoms. The molecule has 0 saturated carbocycles. The van der Waals surface area contributed by atoms with E-state index in [0.29, 0.717) is 6.42 Å². The van der Waals surface area contributed by atoms with Gasteiger partial charge in [-0.3, -0.25) is 0 Å². The van der Waals surface area contributed by atoms with Crippen molar-refractivity contribution in [3.63, 3.8) is 0 Å². The van der Waals surface area contributed by atoms with Gasteiger partial charge in [0.05, 0.1) is 5.56 Å². The van der Waals surface area contributed by atoms with Crippen LogP contribution >= 0.6 is 11.6 Å². The van der Waals surface area contributed by atoms with Gasteiger partial charge in [-0.1, -0.05) is 11.8 Å². The van der Waals surface area contributed by atoms with Gasteiger partial charge in [0.1, 0.15) is 5.82 Å². The van der Waals surface area contributed by atoms with Crippen molar-refractivity contribution in [1.29, 1.82) is 0 Å². The van der Waals surface area contributed by atoms with Crippen LogP contribution in [0.4, 0.5) is 13.2 Å². The second-order valence-corrected chi connectivity index (χ2v) is 2.84. The second-order valence-electron chi connectivity index (χ2n) is 2.46. The van der Waals surface area contributed by atoms with Crippen LogP contribution in [0.25, 0.3) is 0 Å². The summed E-state index contributed by atoms with van der Waals surface area (Å²) < 4.78 is 38.5. The first-order valence-electron chi connectivity index (χ1n) is 3.85. The highest BCUT2D eigenvalue weighted by molar-refractivity contribution is 6.18. The van der Waals surface area contributed by atoms with Crippen LogP contribution in [0.3, 0.4) is 0 Å². The summed E-state index contributed by atoms with van der Waals surface area (Å²) in [7, 11) is 0. The lowest BCUT2D eigenvalue weighted by Crippen LogP contribution is -1.93. The van der Waals surface area contributed by atoms with Crippen LogP contribution < -0.4 is 0 Å². The molecule has 0 fully saturated rings. The average molecular weight is 219 g/mol. The Morgan fingerprint density at radius 1 is 1.14 bits per heavy atom. The van der Waals surface area contributed by atoms with Gasteiger partial charge in [-0.05, 0) is 12.1 Å². The van der Waals surface area contributed by atoms with Gasteiger partial charge in [0.15, 0.2) is 11.6 Å². The molecule has 0 atom stereocenters. The van der Waals surface area contributed by atoms with Gasteiger partial charge in [0.2, 0.25) is 0 Å². The van der Waals surface area contributed by atoms with Crippen molar-refractivity contribution in [3.05, 3.63) is 35.1 Å². The molecule has 4 heteroatoms. The molecule has 14 heavy (non-hydrogen) atoms. The number of hydrogen-bond donors (Lipinski definition) is 0. The first kappa shape index (κ1) is 10.9. The zero-order chi connectivity index (χ0) is 10.6. The van der Waals surface area contributed by atoms with E-state index in [9.17, 15) is 13.2 Å². The third-order valence-electron chi connectivity index (χ3n) is 1.48. The lowest BCUT2D eigenvalue weighted by molar-refractivity contribution is 0.491. The second kappa shape index (κ2) is 4.92. The Labute approximate surface area is 84.7 Å². The number of rotatable bonds is 1. The summed E-state index contributed by atoms with van der Waals surface area (Å²) in [4.78, 5) is 0. The Hall–Kier alpha value is -1.14. The summed E-state index contributed by atoms with van der Waals surface area (Å²) in [5.74, 6) is 1.66. The lowest BCUT2D eigenvalue weighted by atomic mass is 10.2. The number of benzene rings is 1. The van der Waals surface area contributed by atoms with E-state index < -0.39 is 23.0 Å². The minimum absolute atomic E-state index is 0.269. The van der Waals surface area contributed by atoms with Crippen molar-refractivity contribution in [3.8, 4) is 11.8 Å². The molecule has 0 aliphatic heterocycles. The third kappa shape index (κ3) is 2.43. The summed E-state index contributed by atoms with van der Waals surface area (Å²) in [5, 5.41) is 0. The van der Waals surface area contributed by atoms with E-state index >= 15 is 0 Å². The fourth-order valence-electron chi connectivity index (χ4n) is 0.840. The predicted octanol–water partition coefficient (Wildman–Crippen LogP) is 3.08. The molecule has 0 aliphatic carbocycles. The Balaban J connectivity index is 3.08. The monoisotopic (exact) mass is 218 g/mol. The molecule has 0 N–H and O–H groups in total. The minimum Gasteiger partial charge on any atom is -0.206 e. The molecule has 0 saturated heterocycles. The van der Waals surface area contributed by atoms with Gasteiger partial charge in [-0.15, -0.1) is 11.6 Å². The maximum Gasteiger partial charge on any atom is 0.177 e. The normalized spacial score (nSPS) is 9.43. The molecule has 1 aromatic rings. The summed E-state index contributed by atoms with van der Waals surface area (Å²) >= 11 is 5.31. The van der Waals surface area contributed by atoms with Crippen LogP contribution in [0.1, 0.15) is 12.0 Å². The molecule has 1 rings (SSSR count). The van der Waals surface area contributed by atoms with Gasteiger partial charge in [-0.2, -0.15) is 0 Å². The zero-order valence-electron chi connectivity index (χ0n) is 7.08. The maximum absolute atomic E-state index is 12.9. The average Bonchev–Trinajstić information content (AvgIpc) is 2.18. The molecule has 1 aromatic carbocycles. The summed E-state index contributed by atoms with van der Waals surface area (Å²) in [6, 6.07) is 1.56. The SMILES string of the molecule is Fc1ccc(F)c(C#CCCCl)c1F. The van der Waals surface area contributed by atoms with Crippen LogP contribution in [0.15, 0.2) is 12.1 Å². The standard InChI is InChI=1S/C10H6ClF3/c11-6-2-1-3-7-8(12)4-5-9(13)10(7)14/h4-5H,2,6H2. The first-order valence-corrected chi connectivity index (χ1v) is 4.38. The molecule has 0 aliphatic rings. The molecule has 0 unspecified atom stereocenters. The molecule has 0 radical (unpaired) electrons. The van der Waals surface area contributed by atoms with E-state index in [2.05, 4.69) is 11.8 Å². The summed E-state index contributed by atoms with van der Waals surface area (Å²) in [6.07, 6.45) is 0.303. The van der Waals surface area contributed by atoms with Crippen LogP contribution in [-0.4, -0.2) is 5.88 Å². The molecular weight excluding hydrogens is 213 g/mol. The van der Waals surface area contributed by atoms with Crippen LogP contribution in [-0.2, 0) is 0 Å². The number of alkyl halides is 1. The largest absolute Gasteiger partial charge is 0.206 e. The van der Waals surface area contributed by atoms with Crippen LogP contribution in [0.5, 0.6) is 0 Å². The van der Waals surface area contributed by atoms with Crippen LogP contribution in [0.2, 0.25) is 0 Å². The van der Waals surface area contributed by atoms with Crippen molar-refractivity contribution < 1.29 is 13.2 Å². The third-order valence-corrected chi connectivity index (χ3v) is 1.67. The molecular formula is C10H6ClF3. The predicted molar refractivity (Wildman–Crippen MR) is 48.5 cm³/mol. The topological polar surface area (TPSA) is 0 Å². The summed E-state index contributed by atoms with van der Waals surface area (Å²) in [6.45, 7) is 0. The Morgan fingerprint density at radius 2 is 1.79 bits per heavy atom. The first-order chi connectivity index (χ1) is 6.66. The van der Waals surface area contributed by atoms with Crippen molar-refractivity contribution in [2.75, 3.05) is 5.88 Å². The summed E-state index contributed by atoms with van der Waals surface area (Å²) in [5.41, 5.74) is -0.546. The molecule has 74 valence electrons. The van der Waals surface area contributed by atoms with E-state index in [1.54, 1.807) is 0 Å². The lowest BCUT2D eigenvalue weighted by Gasteiger charge is -1.97. The molecule has 0 aromatic heterocycles. The van der Waals surface area contributed by atoms with Gasteiger partial charge in [-0.25, -0.2) is 13.2 Å². The van der Waals surface area contributed by atoms with E-state index in [-0.39, 0.29) is 5.88 Å². The van der Waals surface area contributed by atoms with E-state index in [1.165, 1.54) is 0 Å². The highest BCUT2D eigenvalue weighted by Crippen LogP contribution is 2.14. The zero-order valence-corrected chi connectivity index (χ0v) is 7.84. The number of hydrogen-bond acceptors (Lipinski definition) is 0. The highest BCUT2D eigenvalue weighted by atomic mass is 35.5. The Morgan fingerprint density at radius 3 is 2.43 bits per heavy atom. The fourth-order valence-corrected chi connectivity index (χ4v) is 0.934.